The van der Waals surface area contributed by atoms with Crippen LogP contribution in [0.1, 0.15) is 24.3 Å². The van der Waals surface area contributed by atoms with Crippen molar-refractivity contribution >= 4 is 17.8 Å². The van der Waals surface area contributed by atoms with Gasteiger partial charge in [0, 0.05) is 12.6 Å². The summed E-state index contributed by atoms with van der Waals surface area (Å²) >= 11 is 0. The Morgan fingerprint density at radius 2 is 1.79 bits per heavy atom. The quantitative estimate of drug-likeness (QED) is 0.720. The topological polar surface area (TPSA) is 81.9 Å². The van der Waals surface area contributed by atoms with E-state index in [0.29, 0.717) is 0 Å². The van der Waals surface area contributed by atoms with Crippen molar-refractivity contribution in [3.63, 3.8) is 0 Å². The minimum atomic E-state index is -0.603. The molecule has 24 heavy (non-hydrogen) atoms. The number of likely N-dealkylation sites (N-methyl/N-ethyl adjacent to an activating group) is 1. The number of esters is 2. The van der Waals surface area contributed by atoms with Crippen molar-refractivity contribution in [3.8, 4) is 11.5 Å². The molecule has 0 fully saturated rings. The molecule has 128 valence electrons. The summed E-state index contributed by atoms with van der Waals surface area (Å²) in [6, 6.07) is 9.18. The first kappa shape index (κ1) is 17.5. The zero-order chi connectivity index (χ0) is 17.5. The summed E-state index contributed by atoms with van der Waals surface area (Å²) in [7, 11) is 1.62. The number of hydrogen-bond donors (Lipinski definition) is 0. The highest BCUT2D eigenvalue weighted by Crippen LogP contribution is 2.28. The molecule has 0 saturated carbocycles. The van der Waals surface area contributed by atoms with E-state index in [0.717, 1.165) is 5.56 Å². The van der Waals surface area contributed by atoms with Crippen LogP contribution in [0, 0.1) is 0 Å². The highest BCUT2D eigenvalue weighted by atomic mass is 16.5. The zero-order valence-electron chi connectivity index (χ0n) is 13.9. The third-order valence-electron chi connectivity index (χ3n) is 3.12. The van der Waals surface area contributed by atoms with Gasteiger partial charge in [0.1, 0.15) is 6.54 Å². The molecule has 0 saturated heterocycles. The van der Waals surface area contributed by atoms with Crippen molar-refractivity contribution < 1.29 is 23.5 Å². The number of aromatic nitrogens is 1. The van der Waals surface area contributed by atoms with Crippen molar-refractivity contribution in [2.75, 3.05) is 31.7 Å². The molecule has 0 N–H and O–H groups in total. The van der Waals surface area contributed by atoms with Gasteiger partial charge < -0.3 is 18.8 Å². The summed E-state index contributed by atoms with van der Waals surface area (Å²) in [6.07, 6.45) is 0. The van der Waals surface area contributed by atoms with Crippen LogP contribution in [0.4, 0.5) is 5.88 Å². The molecule has 0 aliphatic carbocycles. The third-order valence-corrected chi connectivity index (χ3v) is 3.12. The number of carbonyl (C=O) groups excluding carboxylic acids is 2. The zero-order valence-corrected chi connectivity index (χ0v) is 13.9. The summed E-state index contributed by atoms with van der Waals surface area (Å²) in [5, 5.41) is 0. The van der Waals surface area contributed by atoms with Gasteiger partial charge in [0.15, 0.2) is 0 Å². The molecule has 7 nitrogen and oxygen atoms in total. The lowest BCUT2D eigenvalue weighted by atomic mass is 10.2. The van der Waals surface area contributed by atoms with Gasteiger partial charge in [-0.25, -0.2) is 4.79 Å². The molecule has 0 aliphatic heterocycles. The molecular formula is C17H20N2O5. The van der Waals surface area contributed by atoms with E-state index >= 15 is 0 Å². The Bertz CT molecular complexity index is 696. The number of nitrogens with zero attached hydrogens (tertiary/aromatic N) is 2. The first-order valence-corrected chi connectivity index (χ1v) is 7.66. The van der Waals surface area contributed by atoms with E-state index < -0.39 is 11.9 Å². The largest absolute Gasteiger partial charge is 0.465 e. The van der Waals surface area contributed by atoms with Gasteiger partial charge in [-0.05, 0) is 26.0 Å². The fraction of sp³-hybridized carbons (Fsp3) is 0.353. The van der Waals surface area contributed by atoms with Crippen LogP contribution in [-0.4, -0.2) is 43.7 Å². The van der Waals surface area contributed by atoms with E-state index in [2.05, 4.69) is 4.98 Å². The van der Waals surface area contributed by atoms with E-state index in [1.165, 1.54) is 4.90 Å². The van der Waals surface area contributed by atoms with Crippen molar-refractivity contribution in [2.24, 2.45) is 0 Å². The van der Waals surface area contributed by atoms with E-state index in [-0.39, 0.29) is 37.2 Å². The highest BCUT2D eigenvalue weighted by molar-refractivity contribution is 5.93. The molecule has 0 spiro atoms. The number of anilines is 1. The maximum atomic E-state index is 12.1. The van der Waals surface area contributed by atoms with Crippen LogP contribution >= 0.6 is 0 Å². The molecule has 0 bridgehead atoms. The van der Waals surface area contributed by atoms with E-state index in [1.807, 2.05) is 30.3 Å². The van der Waals surface area contributed by atoms with Crippen LogP contribution < -0.4 is 4.90 Å². The van der Waals surface area contributed by atoms with Gasteiger partial charge in [-0.3, -0.25) is 4.79 Å². The first-order valence-electron chi connectivity index (χ1n) is 7.66. The van der Waals surface area contributed by atoms with Gasteiger partial charge in [-0.1, -0.05) is 18.2 Å². The van der Waals surface area contributed by atoms with Crippen molar-refractivity contribution in [1.82, 2.24) is 4.98 Å². The van der Waals surface area contributed by atoms with Crippen LogP contribution in [0.3, 0.4) is 0 Å². The number of hydrogen-bond acceptors (Lipinski definition) is 7. The minimum Gasteiger partial charge on any atom is -0.465 e. The normalized spacial score (nSPS) is 10.3. The molecule has 1 heterocycles. The summed E-state index contributed by atoms with van der Waals surface area (Å²) in [5.74, 6) is -0.577. The Labute approximate surface area is 140 Å². The monoisotopic (exact) mass is 332 g/mol. The van der Waals surface area contributed by atoms with Crippen molar-refractivity contribution in [1.29, 1.82) is 0 Å². The summed E-state index contributed by atoms with van der Waals surface area (Å²) in [4.78, 5) is 29.5. The molecule has 0 amide bonds. The lowest BCUT2D eigenvalue weighted by Crippen LogP contribution is -2.28. The first-order chi connectivity index (χ1) is 11.6. The van der Waals surface area contributed by atoms with Crippen LogP contribution in [0.5, 0.6) is 0 Å². The Balaban J connectivity index is 2.35. The molecule has 0 atom stereocenters. The molecule has 1 aromatic carbocycles. The van der Waals surface area contributed by atoms with Gasteiger partial charge in [-0.2, -0.15) is 4.98 Å². The fourth-order valence-electron chi connectivity index (χ4n) is 2.08. The predicted octanol–water partition coefficient (Wildman–Crippen LogP) is 2.52. The minimum absolute atomic E-state index is 0.0301. The second kappa shape index (κ2) is 8.14. The SMILES string of the molecule is CCOC(=O)CN(C)c1oc(-c2ccccc2)nc1C(=O)OCC. The molecule has 2 rings (SSSR count). The Morgan fingerprint density at radius 3 is 2.42 bits per heavy atom. The summed E-state index contributed by atoms with van der Waals surface area (Å²) in [5.41, 5.74) is 0.751. The summed E-state index contributed by atoms with van der Waals surface area (Å²) in [6.45, 7) is 3.86. The third kappa shape index (κ3) is 4.13. The van der Waals surface area contributed by atoms with Crippen molar-refractivity contribution in [3.05, 3.63) is 36.0 Å². The average molecular weight is 332 g/mol. The van der Waals surface area contributed by atoms with Crippen LogP contribution in [0.15, 0.2) is 34.7 Å². The predicted molar refractivity (Wildman–Crippen MR) is 87.8 cm³/mol. The maximum Gasteiger partial charge on any atom is 0.362 e. The highest BCUT2D eigenvalue weighted by Gasteiger charge is 2.26. The number of oxazole rings is 1. The molecular weight excluding hydrogens is 312 g/mol. The molecule has 1 aromatic heterocycles. The lowest BCUT2D eigenvalue weighted by Gasteiger charge is -2.15. The molecule has 2 aromatic rings. The van der Waals surface area contributed by atoms with Crippen molar-refractivity contribution in [2.45, 2.75) is 13.8 Å². The van der Waals surface area contributed by atoms with Gasteiger partial charge >= 0.3 is 11.9 Å². The number of rotatable bonds is 7. The van der Waals surface area contributed by atoms with Gasteiger partial charge in [0.2, 0.25) is 17.5 Å². The second-order valence-corrected chi connectivity index (χ2v) is 4.92. The van der Waals surface area contributed by atoms with Gasteiger partial charge in [0.25, 0.3) is 0 Å². The fourth-order valence-corrected chi connectivity index (χ4v) is 2.08. The lowest BCUT2D eigenvalue weighted by molar-refractivity contribution is -0.141. The van der Waals surface area contributed by atoms with E-state index in [4.69, 9.17) is 13.9 Å². The second-order valence-electron chi connectivity index (χ2n) is 4.92. The van der Waals surface area contributed by atoms with Crippen LogP contribution in [0.25, 0.3) is 11.5 Å². The van der Waals surface area contributed by atoms with Gasteiger partial charge in [0.05, 0.1) is 13.2 Å². The summed E-state index contributed by atoms with van der Waals surface area (Å²) < 4.78 is 15.6. The molecule has 0 aliphatic rings. The Kier molecular flexibility index (Phi) is 5.95. The maximum absolute atomic E-state index is 12.1. The molecule has 0 radical (unpaired) electrons. The average Bonchev–Trinajstić information content (AvgIpc) is 3.01. The molecule has 0 unspecified atom stereocenters. The van der Waals surface area contributed by atoms with E-state index in [1.54, 1.807) is 20.9 Å². The Hall–Kier alpha value is -2.83. The van der Waals surface area contributed by atoms with E-state index in [9.17, 15) is 9.59 Å². The van der Waals surface area contributed by atoms with Gasteiger partial charge in [-0.15, -0.1) is 0 Å². The number of benzene rings is 1. The van der Waals surface area contributed by atoms with Crippen LogP contribution in [-0.2, 0) is 14.3 Å². The van der Waals surface area contributed by atoms with Crippen LogP contribution in [0.2, 0.25) is 0 Å². The standard InChI is InChI=1S/C17H20N2O5/c1-4-22-13(20)11-19(3)16-14(17(21)23-5-2)18-15(24-16)12-9-7-6-8-10-12/h6-10H,4-5,11H2,1-3H3. The Morgan fingerprint density at radius 1 is 1.12 bits per heavy atom. The number of carbonyl (C=O) groups is 2. The molecule has 7 heteroatoms. The number of ether oxygens (including phenoxy) is 2. The smallest absolute Gasteiger partial charge is 0.362 e.